The minimum atomic E-state index is -0.828. The highest BCUT2D eigenvalue weighted by Gasteiger charge is 2.31. The van der Waals surface area contributed by atoms with Gasteiger partial charge < -0.3 is 15.0 Å². The largest absolute Gasteiger partial charge is 0.489 e. The van der Waals surface area contributed by atoms with Crippen LogP contribution in [-0.2, 0) is 4.79 Å². The zero-order valence-corrected chi connectivity index (χ0v) is 14.6. The molecule has 2 heterocycles. The van der Waals surface area contributed by atoms with Gasteiger partial charge in [-0.3, -0.25) is 14.7 Å². The number of carbonyl (C=O) groups excluding carboxylic acids is 2. The average molecular weight is 371 g/mol. The number of hydrogen-bond acceptors (Lipinski definition) is 4. The van der Waals surface area contributed by atoms with Crippen molar-refractivity contribution >= 4 is 40.0 Å². The lowest BCUT2D eigenvalue weighted by molar-refractivity contribution is -0.120. The zero-order chi connectivity index (χ0) is 18.3. The van der Waals surface area contributed by atoms with Crippen LogP contribution < -0.4 is 15.0 Å². The topological polar surface area (TPSA) is 87.3 Å². The first kappa shape index (κ1) is 16.4. The van der Waals surface area contributed by atoms with Gasteiger partial charge in [0.15, 0.2) is 5.69 Å². The van der Waals surface area contributed by atoms with Crippen molar-refractivity contribution in [3.05, 3.63) is 53.2 Å². The first-order chi connectivity index (χ1) is 12.5. The molecule has 3 aromatic rings. The van der Waals surface area contributed by atoms with Gasteiger partial charge in [-0.1, -0.05) is 23.7 Å². The number of para-hydroxylation sites is 2. The van der Waals surface area contributed by atoms with E-state index in [4.69, 9.17) is 16.3 Å². The summed E-state index contributed by atoms with van der Waals surface area (Å²) in [5.41, 5.74) is 1.53. The molecule has 2 aromatic carbocycles. The van der Waals surface area contributed by atoms with E-state index >= 15 is 0 Å². The Morgan fingerprint density at radius 1 is 1.35 bits per heavy atom. The van der Waals surface area contributed by atoms with Crippen molar-refractivity contribution in [1.82, 2.24) is 15.5 Å². The summed E-state index contributed by atoms with van der Waals surface area (Å²) in [4.78, 5) is 26.9. The summed E-state index contributed by atoms with van der Waals surface area (Å²) in [5.74, 6) is -0.141. The van der Waals surface area contributed by atoms with Crippen LogP contribution in [0.4, 0.5) is 5.69 Å². The van der Waals surface area contributed by atoms with Crippen LogP contribution >= 0.6 is 11.6 Å². The third-order valence-electron chi connectivity index (χ3n) is 4.31. The molecule has 0 radical (unpaired) electrons. The van der Waals surface area contributed by atoms with Crippen LogP contribution in [0.25, 0.3) is 10.9 Å². The molecule has 0 unspecified atom stereocenters. The Balaban J connectivity index is 1.60. The molecule has 0 spiro atoms. The molecule has 1 aromatic heterocycles. The number of carbonyl (C=O) groups is 2. The highest BCUT2D eigenvalue weighted by Crippen LogP contribution is 2.30. The minimum absolute atomic E-state index is 0.0367. The third-order valence-corrected chi connectivity index (χ3v) is 4.54. The highest BCUT2D eigenvalue weighted by atomic mass is 35.5. The predicted octanol–water partition coefficient (Wildman–Crippen LogP) is 2.37. The van der Waals surface area contributed by atoms with Gasteiger partial charge >= 0.3 is 0 Å². The average Bonchev–Trinajstić information content (AvgIpc) is 3.02. The molecule has 8 heteroatoms. The van der Waals surface area contributed by atoms with Gasteiger partial charge in [0.25, 0.3) is 11.8 Å². The van der Waals surface area contributed by atoms with Gasteiger partial charge in [0.2, 0.25) is 0 Å². The lowest BCUT2D eigenvalue weighted by Crippen LogP contribution is -2.49. The molecule has 1 atom stereocenters. The number of ether oxygens (including phenoxy) is 1. The maximum absolute atomic E-state index is 12.7. The van der Waals surface area contributed by atoms with Crippen molar-refractivity contribution in [2.75, 3.05) is 18.6 Å². The van der Waals surface area contributed by atoms with E-state index in [9.17, 15) is 9.59 Å². The minimum Gasteiger partial charge on any atom is -0.489 e. The Hall–Kier alpha value is -3.06. The summed E-state index contributed by atoms with van der Waals surface area (Å²) in [5, 5.41) is 10.6. The smallest absolute Gasteiger partial charge is 0.273 e. The number of likely N-dealkylation sites (N-methyl/N-ethyl adjacent to an activating group) is 1. The van der Waals surface area contributed by atoms with E-state index in [1.165, 1.54) is 4.90 Å². The molecule has 1 aliphatic rings. The molecule has 2 N–H and O–H groups in total. The van der Waals surface area contributed by atoms with Gasteiger partial charge in [-0.05, 0) is 30.3 Å². The maximum Gasteiger partial charge on any atom is 0.273 e. The van der Waals surface area contributed by atoms with E-state index in [-0.39, 0.29) is 18.2 Å². The zero-order valence-electron chi connectivity index (χ0n) is 13.8. The normalized spacial score (nSPS) is 16.8. The Bertz CT molecular complexity index is 1020. The predicted molar refractivity (Wildman–Crippen MR) is 97.7 cm³/mol. The lowest BCUT2D eigenvalue weighted by Gasteiger charge is -2.20. The Kier molecular flexibility index (Phi) is 4.00. The van der Waals surface area contributed by atoms with Crippen molar-refractivity contribution in [3.63, 3.8) is 0 Å². The Labute approximate surface area is 153 Å². The van der Waals surface area contributed by atoms with Crippen LogP contribution in [-0.4, -0.2) is 41.7 Å². The summed E-state index contributed by atoms with van der Waals surface area (Å²) in [6, 6.07) is 11.5. The molecular weight excluding hydrogens is 356 g/mol. The molecule has 0 saturated carbocycles. The molecule has 0 fully saturated rings. The maximum atomic E-state index is 12.7. The monoisotopic (exact) mass is 370 g/mol. The van der Waals surface area contributed by atoms with Gasteiger partial charge in [-0.25, -0.2) is 0 Å². The number of aromatic nitrogens is 2. The van der Waals surface area contributed by atoms with Crippen molar-refractivity contribution in [3.8, 4) is 5.75 Å². The second-order valence-corrected chi connectivity index (χ2v) is 6.40. The molecule has 0 saturated heterocycles. The third kappa shape index (κ3) is 2.76. The first-order valence-electron chi connectivity index (χ1n) is 7.98. The quantitative estimate of drug-likeness (QED) is 0.725. The summed E-state index contributed by atoms with van der Waals surface area (Å²) in [7, 11) is 1.65. The number of anilines is 1. The number of H-pyrrole nitrogens is 1. The first-order valence-corrected chi connectivity index (χ1v) is 8.36. The highest BCUT2D eigenvalue weighted by molar-refractivity contribution is 6.31. The number of benzene rings is 2. The lowest BCUT2D eigenvalue weighted by atomic mass is 10.2. The second-order valence-electron chi connectivity index (χ2n) is 5.96. The van der Waals surface area contributed by atoms with Crippen LogP contribution in [0.2, 0.25) is 5.02 Å². The molecule has 0 bridgehead atoms. The number of rotatable bonds is 2. The SMILES string of the molecule is CN1C(=O)[C@@H](NC(=O)c2n[nH]c3ccc(Cl)cc23)COc2ccccc21. The number of amides is 2. The Morgan fingerprint density at radius 2 is 2.15 bits per heavy atom. The summed E-state index contributed by atoms with van der Waals surface area (Å²) in [6.07, 6.45) is 0. The van der Waals surface area contributed by atoms with Crippen LogP contribution in [0.1, 0.15) is 10.5 Å². The number of fused-ring (bicyclic) bond motifs is 2. The van der Waals surface area contributed by atoms with E-state index in [1.54, 1.807) is 37.4 Å². The molecule has 2 amide bonds. The molecular formula is C18H15ClN4O3. The fraction of sp³-hybridized carbons (Fsp3) is 0.167. The molecule has 7 nitrogen and oxygen atoms in total. The number of hydrogen-bond donors (Lipinski definition) is 2. The van der Waals surface area contributed by atoms with E-state index in [0.717, 1.165) is 0 Å². The van der Waals surface area contributed by atoms with E-state index in [1.807, 2.05) is 12.1 Å². The molecule has 0 aliphatic carbocycles. The van der Waals surface area contributed by atoms with Crippen LogP contribution in [0.15, 0.2) is 42.5 Å². The van der Waals surface area contributed by atoms with Crippen molar-refractivity contribution in [2.45, 2.75) is 6.04 Å². The molecule has 4 rings (SSSR count). The summed E-state index contributed by atoms with van der Waals surface area (Å²) < 4.78 is 5.70. The van der Waals surface area contributed by atoms with E-state index in [2.05, 4.69) is 15.5 Å². The van der Waals surface area contributed by atoms with Crippen LogP contribution in [0.5, 0.6) is 5.75 Å². The van der Waals surface area contributed by atoms with Gasteiger partial charge in [-0.2, -0.15) is 5.10 Å². The van der Waals surface area contributed by atoms with Crippen molar-refractivity contribution in [1.29, 1.82) is 0 Å². The van der Waals surface area contributed by atoms with Crippen molar-refractivity contribution in [2.24, 2.45) is 0 Å². The molecule has 1 aliphatic heterocycles. The van der Waals surface area contributed by atoms with E-state index < -0.39 is 11.9 Å². The number of nitrogens with zero attached hydrogens (tertiary/aromatic N) is 2. The number of halogens is 1. The van der Waals surface area contributed by atoms with Crippen LogP contribution in [0.3, 0.4) is 0 Å². The molecule has 132 valence electrons. The summed E-state index contributed by atoms with van der Waals surface area (Å²) in [6.45, 7) is 0.0367. The summed E-state index contributed by atoms with van der Waals surface area (Å²) >= 11 is 6.01. The van der Waals surface area contributed by atoms with Gasteiger partial charge in [-0.15, -0.1) is 0 Å². The Morgan fingerprint density at radius 3 is 3.00 bits per heavy atom. The fourth-order valence-corrected chi connectivity index (χ4v) is 3.11. The fourth-order valence-electron chi connectivity index (χ4n) is 2.94. The van der Waals surface area contributed by atoms with E-state index in [0.29, 0.717) is 27.4 Å². The number of nitrogens with one attached hydrogen (secondary N) is 2. The second kappa shape index (κ2) is 6.34. The number of aromatic amines is 1. The van der Waals surface area contributed by atoms with Crippen molar-refractivity contribution < 1.29 is 14.3 Å². The standard InChI is InChI=1S/C18H15ClN4O3/c1-23-14-4-2-3-5-15(14)26-9-13(18(23)25)20-17(24)16-11-8-10(19)6-7-12(11)21-22-16/h2-8,13H,9H2,1H3,(H,20,24)(H,21,22)/t13-/m0/s1. The molecule has 26 heavy (non-hydrogen) atoms. The van der Waals surface area contributed by atoms with Gasteiger partial charge in [0.1, 0.15) is 18.4 Å². The van der Waals surface area contributed by atoms with Gasteiger partial charge in [0.05, 0.1) is 11.2 Å². The van der Waals surface area contributed by atoms with Gasteiger partial charge in [0, 0.05) is 17.5 Å². The van der Waals surface area contributed by atoms with Crippen LogP contribution in [0, 0.1) is 0 Å².